The zero-order chi connectivity index (χ0) is 17.4. The number of piperazine rings is 1. The molecule has 9 heteroatoms. The van der Waals surface area contributed by atoms with Gasteiger partial charge in [-0.15, -0.1) is 5.10 Å². The van der Waals surface area contributed by atoms with E-state index in [4.69, 9.17) is 4.52 Å². The Kier molecular flexibility index (Phi) is 4.51. The first-order chi connectivity index (χ1) is 12.2. The molecule has 2 fully saturated rings. The van der Waals surface area contributed by atoms with E-state index in [0.29, 0.717) is 6.04 Å². The van der Waals surface area contributed by atoms with Crippen LogP contribution in [-0.4, -0.2) is 66.3 Å². The van der Waals surface area contributed by atoms with Crippen LogP contribution in [0.25, 0.3) is 0 Å². The molecule has 0 aromatic carbocycles. The van der Waals surface area contributed by atoms with Crippen LogP contribution in [0.4, 0.5) is 0 Å². The van der Waals surface area contributed by atoms with Crippen LogP contribution in [0, 0.1) is 0 Å². The molecule has 25 heavy (non-hydrogen) atoms. The lowest BCUT2D eigenvalue weighted by atomic mass is 10.2. The predicted molar refractivity (Wildman–Crippen MR) is 89.7 cm³/mol. The molecule has 136 valence electrons. The van der Waals surface area contributed by atoms with E-state index in [-0.39, 0.29) is 12.1 Å². The Bertz CT molecular complexity index is 701. The van der Waals surface area contributed by atoms with Gasteiger partial charge in [0.25, 0.3) is 0 Å². The van der Waals surface area contributed by atoms with E-state index in [1.54, 1.807) is 0 Å². The summed E-state index contributed by atoms with van der Waals surface area (Å²) in [6, 6.07) is 0.907. The van der Waals surface area contributed by atoms with Crippen LogP contribution in [0.3, 0.4) is 0 Å². The van der Waals surface area contributed by atoms with Crippen LogP contribution in [0.15, 0.2) is 4.52 Å². The monoisotopic (exact) mass is 346 g/mol. The molecule has 2 aromatic rings. The standard InChI is InChI=1S/C16H26N8O/c1-4-14-17-16(25-19-14)12(3)23-9-7-22(8-10-23)11(2)15-18-20-21-24(15)13-5-6-13/h11-13H,4-10H2,1-3H3/t11-,12+/m0/s1. The Morgan fingerprint density at radius 2 is 1.76 bits per heavy atom. The first-order valence-corrected chi connectivity index (χ1v) is 9.25. The Labute approximate surface area is 147 Å². The van der Waals surface area contributed by atoms with Crippen LogP contribution in [0.2, 0.25) is 0 Å². The maximum absolute atomic E-state index is 5.41. The first-order valence-electron chi connectivity index (χ1n) is 9.25. The number of nitrogens with zero attached hydrogens (tertiary/aromatic N) is 8. The van der Waals surface area contributed by atoms with Crippen molar-refractivity contribution in [1.29, 1.82) is 0 Å². The molecule has 1 saturated carbocycles. The Morgan fingerprint density at radius 1 is 1.08 bits per heavy atom. The summed E-state index contributed by atoms with van der Waals surface area (Å²) in [5.41, 5.74) is 0. The minimum absolute atomic E-state index is 0.155. The second-order valence-corrected chi connectivity index (χ2v) is 7.04. The van der Waals surface area contributed by atoms with Crippen molar-refractivity contribution in [3.05, 3.63) is 17.5 Å². The lowest BCUT2D eigenvalue weighted by molar-refractivity contribution is 0.0643. The summed E-state index contributed by atoms with van der Waals surface area (Å²) >= 11 is 0. The topological polar surface area (TPSA) is 89.0 Å². The molecule has 0 N–H and O–H groups in total. The zero-order valence-electron chi connectivity index (χ0n) is 15.2. The van der Waals surface area contributed by atoms with Crippen molar-refractivity contribution in [1.82, 2.24) is 40.1 Å². The third-order valence-corrected chi connectivity index (χ3v) is 5.39. The van der Waals surface area contributed by atoms with Crippen LogP contribution < -0.4 is 0 Å². The molecule has 0 unspecified atom stereocenters. The summed E-state index contributed by atoms with van der Waals surface area (Å²) < 4.78 is 7.42. The smallest absolute Gasteiger partial charge is 0.243 e. The van der Waals surface area contributed by atoms with Crippen molar-refractivity contribution >= 4 is 0 Å². The molecule has 1 aliphatic heterocycles. The molecule has 0 amide bonds. The molecule has 2 aromatic heterocycles. The van der Waals surface area contributed by atoms with E-state index in [1.165, 1.54) is 12.8 Å². The number of aromatic nitrogens is 6. The number of hydrogen-bond acceptors (Lipinski definition) is 8. The maximum Gasteiger partial charge on any atom is 0.243 e. The summed E-state index contributed by atoms with van der Waals surface area (Å²) in [4.78, 5) is 9.33. The summed E-state index contributed by atoms with van der Waals surface area (Å²) in [5.74, 6) is 2.49. The lowest BCUT2D eigenvalue weighted by Crippen LogP contribution is -2.48. The van der Waals surface area contributed by atoms with Crippen molar-refractivity contribution in [3.63, 3.8) is 0 Å². The van der Waals surface area contributed by atoms with Crippen molar-refractivity contribution in [3.8, 4) is 0 Å². The molecule has 1 aliphatic carbocycles. The van der Waals surface area contributed by atoms with Gasteiger partial charge in [0.1, 0.15) is 0 Å². The van der Waals surface area contributed by atoms with Gasteiger partial charge in [-0.25, -0.2) is 4.68 Å². The summed E-state index contributed by atoms with van der Waals surface area (Å²) in [7, 11) is 0. The summed E-state index contributed by atoms with van der Waals surface area (Å²) in [5, 5.41) is 16.4. The fraction of sp³-hybridized carbons (Fsp3) is 0.812. The van der Waals surface area contributed by atoms with Crippen molar-refractivity contribution in [2.75, 3.05) is 26.2 Å². The highest BCUT2D eigenvalue weighted by Crippen LogP contribution is 2.36. The average molecular weight is 346 g/mol. The molecule has 0 bridgehead atoms. The molecular weight excluding hydrogens is 320 g/mol. The maximum atomic E-state index is 5.41. The fourth-order valence-corrected chi connectivity index (χ4v) is 3.47. The highest BCUT2D eigenvalue weighted by atomic mass is 16.5. The Morgan fingerprint density at radius 3 is 2.36 bits per heavy atom. The number of tetrazole rings is 1. The molecule has 2 atom stereocenters. The zero-order valence-corrected chi connectivity index (χ0v) is 15.2. The highest BCUT2D eigenvalue weighted by molar-refractivity contribution is 4.98. The van der Waals surface area contributed by atoms with E-state index < -0.39 is 0 Å². The van der Waals surface area contributed by atoms with Gasteiger partial charge >= 0.3 is 0 Å². The normalized spacial score (nSPS) is 22.2. The van der Waals surface area contributed by atoms with Crippen molar-refractivity contribution in [2.24, 2.45) is 0 Å². The van der Waals surface area contributed by atoms with Crippen molar-refractivity contribution < 1.29 is 4.52 Å². The molecule has 0 radical (unpaired) electrons. The second-order valence-electron chi connectivity index (χ2n) is 7.04. The van der Waals surface area contributed by atoms with Gasteiger partial charge in [-0.05, 0) is 37.1 Å². The van der Waals surface area contributed by atoms with Gasteiger partial charge in [-0.2, -0.15) is 4.98 Å². The third-order valence-electron chi connectivity index (χ3n) is 5.39. The quantitative estimate of drug-likeness (QED) is 0.775. The van der Waals surface area contributed by atoms with E-state index in [9.17, 15) is 0 Å². The fourth-order valence-electron chi connectivity index (χ4n) is 3.47. The van der Waals surface area contributed by atoms with Crippen molar-refractivity contribution in [2.45, 2.75) is 58.2 Å². The van der Waals surface area contributed by atoms with Crippen LogP contribution in [-0.2, 0) is 6.42 Å². The van der Waals surface area contributed by atoms with E-state index in [2.05, 4.69) is 49.3 Å². The predicted octanol–water partition coefficient (Wildman–Crippen LogP) is 1.39. The lowest BCUT2D eigenvalue weighted by Gasteiger charge is -2.39. The van der Waals surface area contributed by atoms with Gasteiger partial charge in [-0.1, -0.05) is 12.1 Å². The summed E-state index contributed by atoms with van der Waals surface area (Å²) in [6.45, 7) is 10.3. The number of aryl methyl sites for hydroxylation is 1. The molecule has 3 heterocycles. The SMILES string of the molecule is CCc1noc([C@@H](C)N2CCN([C@@H](C)c3nnnn3C3CC3)CC2)n1. The second kappa shape index (κ2) is 6.80. The van der Waals surface area contributed by atoms with Gasteiger partial charge in [0, 0.05) is 32.6 Å². The largest absolute Gasteiger partial charge is 0.338 e. The Balaban J connectivity index is 1.36. The highest BCUT2D eigenvalue weighted by Gasteiger charge is 2.33. The molecule has 0 spiro atoms. The molecule has 9 nitrogen and oxygen atoms in total. The summed E-state index contributed by atoms with van der Waals surface area (Å²) in [6.07, 6.45) is 3.19. The van der Waals surface area contributed by atoms with Gasteiger partial charge in [-0.3, -0.25) is 9.80 Å². The number of rotatable bonds is 6. The van der Waals surface area contributed by atoms with Crippen LogP contribution in [0.5, 0.6) is 0 Å². The molecule has 1 saturated heterocycles. The van der Waals surface area contributed by atoms with Gasteiger partial charge in [0.05, 0.1) is 18.1 Å². The van der Waals surface area contributed by atoms with Crippen LogP contribution in [0.1, 0.15) is 69.3 Å². The van der Waals surface area contributed by atoms with Crippen LogP contribution >= 0.6 is 0 Å². The third kappa shape index (κ3) is 3.30. The van der Waals surface area contributed by atoms with Gasteiger partial charge in [0.15, 0.2) is 11.6 Å². The molecule has 4 rings (SSSR count). The minimum Gasteiger partial charge on any atom is -0.338 e. The molecular formula is C16H26N8O. The van der Waals surface area contributed by atoms with Gasteiger partial charge in [0.2, 0.25) is 5.89 Å². The first kappa shape index (κ1) is 16.6. The van der Waals surface area contributed by atoms with Gasteiger partial charge < -0.3 is 4.52 Å². The Hall–Kier alpha value is -1.87. The van der Waals surface area contributed by atoms with E-state index in [0.717, 1.165) is 50.1 Å². The average Bonchev–Trinajstić information content (AvgIpc) is 3.19. The molecule has 2 aliphatic rings. The van der Waals surface area contributed by atoms with E-state index >= 15 is 0 Å². The minimum atomic E-state index is 0.155. The van der Waals surface area contributed by atoms with E-state index in [1.807, 2.05) is 11.6 Å². The number of hydrogen-bond donors (Lipinski definition) is 0.